The second-order valence-corrected chi connectivity index (χ2v) is 6.96. The van der Waals surface area contributed by atoms with Crippen LogP contribution in [0.25, 0.3) is 0 Å². The van der Waals surface area contributed by atoms with Crippen LogP contribution < -0.4 is 5.32 Å². The lowest BCUT2D eigenvalue weighted by Gasteiger charge is -2.06. The number of carbonyl (C=O) groups excluding carboxylic acids is 1. The highest BCUT2D eigenvalue weighted by Crippen LogP contribution is 2.48. The van der Waals surface area contributed by atoms with Gasteiger partial charge in [-0.1, -0.05) is 24.3 Å². The number of aryl methyl sites for hydroxylation is 2. The number of carbonyl (C=O) groups is 1. The molecular weight excluding hydrogens is 292 g/mol. The van der Waals surface area contributed by atoms with Crippen LogP contribution in [0.1, 0.15) is 41.3 Å². The van der Waals surface area contributed by atoms with E-state index in [0.29, 0.717) is 5.92 Å². The molecule has 1 amide bonds. The first-order valence-electron chi connectivity index (χ1n) is 7.97. The van der Waals surface area contributed by atoms with E-state index < -0.39 is 0 Å². The number of benzene rings is 1. The van der Waals surface area contributed by atoms with Crippen LogP contribution >= 0.6 is 11.3 Å². The van der Waals surface area contributed by atoms with Gasteiger partial charge < -0.3 is 5.32 Å². The smallest absolute Gasteiger partial charge is 0.223 e. The number of unbranched alkanes of at least 4 members (excludes halogenated alkanes) is 1. The molecule has 1 fully saturated rings. The van der Waals surface area contributed by atoms with E-state index in [-0.39, 0.29) is 11.8 Å². The lowest BCUT2D eigenvalue weighted by Crippen LogP contribution is -2.26. The molecule has 116 valence electrons. The Morgan fingerprint density at radius 3 is 3.00 bits per heavy atom. The van der Waals surface area contributed by atoms with Crippen LogP contribution in [0.5, 0.6) is 0 Å². The van der Waals surface area contributed by atoms with Crippen molar-refractivity contribution in [1.82, 2.24) is 10.3 Å². The molecule has 2 unspecified atom stereocenters. The summed E-state index contributed by atoms with van der Waals surface area (Å²) in [4.78, 5) is 16.4. The molecule has 1 aromatic carbocycles. The van der Waals surface area contributed by atoms with Gasteiger partial charge in [-0.05, 0) is 49.7 Å². The fourth-order valence-corrected chi connectivity index (χ4v) is 3.61. The van der Waals surface area contributed by atoms with Crippen LogP contribution in [-0.4, -0.2) is 17.4 Å². The number of amides is 1. The molecule has 2 atom stereocenters. The Balaban J connectivity index is 1.36. The Bertz CT molecular complexity index is 624. The summed E-state index contributed by atoms with van der Waals surface area (Å²) >= 11 is 1.70. The van der Waals surface area contributed by atoms with Gasteiger partial charge in [-0.25, -0.2) is 4.98 Å². The van der Waals surface area contributed by atoms with Gasteiger partial charge in [0, 0.05) is 24.0 Å². The Kier molecular flexibility index (Phi) is 4.88. The maximum atomic E-state index is 12.2. The van der Waals surface area contributed by atoms with Gasteiger partial charge in [0.15, 0.2) is 0 Å². The molecule has 22 heavy (non-hydrogen) atoms. The van der Waals surface area contributed by atoms with Gasteiger partial charge in [-0.3, -0.25) is 4.79 Å². The van der Waals surface area contributed by atoms with Crippen molar-refractivity contribution >= 4 is 17.2 Å². The van der Waals surface area contributed by atoms with Crippen molar-refractivity contribution in [1.29, 1.82) is 0 Å². The minimum Gasteiger partial charge on any atom is -0.356 e. The van der Waals surface area contributed by atoms with Crippen molar-refractivity contribution < 1.29 is 4.79 Å². The molecule has 0 bridgehead atoms. The van der Waals surface area contributed by atoms with Gasteiger partial charge in [0.25, 0.3) is 0 Å². The van der Waals surface area contributed by atoms with Gasteiger partial charge in [0.1, 0.15) is 0 Å². The van der Waals surface area contributed by atoms with Crippen LogP contribution in [0.4, 0.5) is 0 Å². The Morgan fingerprint density at radius 2 is 2.23 bits per heavy atom. The van der Waals surface area contributed by atoms with Crippen molar-refractivity contribution in [3.63, 3.8) is 0 Å². The van der Waals surface area contributed by atoms with Crippen LogP contribution in [0, 0.1) is 12.8 Å². The largest absolute Gasteiger partial charge is 0.356 e. The van der Waals surface area contributed by atoms with E-state index in [1.54, 1.807) is 11.3 Å². The zero-order valence-electron chi connectivity index (χ0n) is 12.9. The third kappa shape index (κ3) is 3.74. The number of hydrogen-bond acceptors (Lipinski definition) is 3. The van der Waals surface area contributed by atoms with E-state index in [1.807, 2.05) is 11.6 Å². The monoisotopic (exact) mass is 314 g/mol. The second kappa shape index (κ2) is 7.05. The molecule has 1 saturated carbocycles. The molecule has 2 aromatic rings. The summed E-state index contributed by atoms with van der Waals surface area (Å²) in [5.41, 5.74) is 2.64. The second-order valence-electron chi connectivity index (χ2n) is 5.98. The van der Waals surface area contributed by atoms with Crippen LogP contribution in [-0.2, 0) is 11.2 Å². The summed E-state index contributed by atoms with van der Waals surface area (Å²) in [5.74, 6) is 0.832. The van der Waals surface area contributed by atoms with E-state index >= 15 is 0 Å². The maximum Gasteiger partial charge on any atom is 0.223 e. The van der Waals surface area contributed by atoms with E-state index in [2.05, 4.69) is 41.5 Å². The molecule has 1 aliphatic carbocycles. The van der Waals surface area contributed by atoms with E-state index in [0.717, 1.165) is 32.2 Å². The first-order valence-corrected chi connectivity index (χ1v) is 8.85. The van der Waals surface area contributed by atoms with E-state index in [9.17, 15) is 4.79 Å². The highest BCUT2D eigenvalue weighted by atomic mass is 32.1. The SMILES string of the molecule is Cc1ccccc1C1CC1C(=O)NCCCCc1nccs1. The number of aromatic nitrogens is 1. The maximum absolute atomic E-state index is 12.2. The molecule has 4 heteroatoms. The molecule has 0 spiro atoms. The predicted molar refractivity (Wildman–Crippen MR) is 90.1 cm³/mol. The summed E-state index contributed by atoms with van der Waals surface area (Å²) in [6.07, 6.45) is 5.96. The van der Waals surface area contributed by atoms with Gasteiger partial charge in [0.05, 0.1) is 5.01 Å². The first kappa shape index (κ1) is 15.2. The molecule has 0 saturated heterocycles. The molecule has 3 nitrogen and oxygen atoms in total. The molecule has 1 heterocycles. The van der Waals surface area contributed by atoms with E-state index in [4.69, 9.17) is 0 Å². The normalized spacial score (nSPS) is 19.9. The standard InChI is InChI=1S/C18H22N2OS/c1-13-6-2-3-7-14(13)15-12-16(15)18(21)20-9-5-4-8-17-19-10-11-22-17/h2-3,6-7,10-11,15-16H,4-5,8-9,12H2,1H3,(H,20,21). The minimum absolute atomic E-state index is 0.181. The highest BCUT2D eigenvalue weighted by molar-refractivity contribution is 7.09. The summed E-state index contributed by atoms with van der Waals surface area (Å²) < 4.78 is 0. The lowest BCUT2D eigenvalue weighted by molar-refractivity contribution is -0.122. The highest BCUT2D eigenvalue weighted by Gasteiger charge is 2.44. The Labute approximate surface area is 135 Å². The fraction of sp³-hybridized carbons (Fsp3) is 0.444. The number of rotatable bonds is 7. The molecule has 0 radical (unpaired) electrons. The Hall–Kier alpha value is -1.68. The van der Waals surface area contributed by atoms with Crippen molar-refractivity contribution in [3.8, 4) is 0 Å². The summed E-state index contributed by atoms with van der Waals surface area (Å²) in [5, 5.41) is 6.29. The predicted octanol–water partition coefficient (Wildman–Crippen LogP) is 3.69. The molecule has 1 aliphatic rings. The zero-order chi connectivity index (χ0) is 15.4. The van der Waals surface area contributed by atoms with Crippen LogP contribution in [0.15, 0.2) is 35.8 Å². The quantitative estimate of drug-likeness (QED) is 0.792. The number of thiazole rings is 1. The van der Waals surface area contributed by atoms with Crippen molar-refractivity contribution in [3.05, 3.63) is 52.0 Å². The van der Waals surface area contributed by atoms with Gasteiger partial charge in [-0.15, -0.1) is 11.3 Å². The average molecular weight is 314 g/mol. The van der Waals surface area contributed by atoms with Crippen LogP contribution in [0.3, 0.4) is 0 Å². The number of nitrogens with zero attached hydrogens (tertiary/aromatic N) is 1. The summed E-state index contributed by atoms with van der Waals surface area (Å²) in [6, 6.07) is 8.40. The minimum atomic E-state index is 0.181. The summed E-state index contributed by atoms with van der Waals surface area (Å²) in [7, 11) is 0. The third-order valence-electron chi connectivity index (χ3n) is 4.32. The molecular formula is C18H22N2OS. The molecule has 0 aliphatic heterocycles. The first-order chi connectivity index (χ1) is 10.8. The van der Waals surface area contributed by atoms with Crippen molar-refractivity contribution in [2.24, 2.45) is 5.92 Å². The number of nitrogens with one attached hydrogen (secondary N) is 1. The van der Waals surface area contributed by atoms with E-state index in [1.165, 1.54) is 16.1 Å². The van der Waals surface area contributed by atoms with Gasteiger partial charge in [0.2, 0.25) is 5.91 Å². The number of hydrogen-bond donors (Lipinski definition) is 1. The molecule has 1 N–H and O–H groups in total. The van der Waals surface area contributed by atoms with Gasteiger partial charge >= 0.3 is 0 Å². The average Bonchev–Trinajstić information content (AvgIpc) is 3.14. The zero-order valence-corrected chi connectivity index (χ0v) is 13.7. The Morgan fingerprint density at radius 1 is 1.36 bits per heavy atom. The topological polar surface area (TPSA) is 42.0 Å². The van der Waals surface area contributed by atoms with Crippen LogP contribution in [0.2, 0.25) is 0 Å². The molecule has 1 aromatic heterocycles. The van der Waals surface area contributed by atoms with Crippen molar-refractivity contribution in [2.75, 3.05) is 6.54 Å². The fourth-order valence-electron chi connectivity index (χ4n) is 2.95. The van der Waals surface area contributed by atoms with Crippen molar-refractivity contribution in [2.45, 2.75) is 38.5 Å². The summed E-state index contributed by atoms with van der Waals surface area (Å²) in [6.45, 7) is 2.91. The third-order valence-corrected chi connectivity index (χ3v) is 5.15. The lowest BCUT2D eigenvalue weighted by atomic mass is 10.0. The van der Waals surface area contributed by atoms with Gasteiger partial charge in [-0.2, -0.15) is 0 Å². The molecule has 3 rings (SSSR count).